The minimum atomic E-state index is -2.27. The van der Waals surface area contributed by atoms with E-state index in [2.05, 4.69) is 25.6 Å². The normalized spacial score (nSPS) is 12.2. The molecule has 0 amide bonds. The smallest absolute Gasteiger partial charge is 0.439 e. The van der Waals surface area contributed by atoms with Crippen LogP contribution in [0.25, 0.3) is 11.6 Å². The average Bonchev–Trinajstić information content (AvgIpc) is 2.54. The lowest BCUT2D eigenvalue weighted by Crippen LogP contribution is -2.42. The van der Waals surface area contributed by atoms with Gasteiger partial charge in [-0.2, -0.15) is 4.79 Å². The first-order valence-corrected chi connectivity index (χ1v) is 10.8. The van der Waals surface area contributed by atoms with Crippen molar-refractivity contribution >= 4 is 26.1 Å². The molecule has 0 fully saturated rings. The maximum atomic E-state index is 12.0. The lowest BCUT2D eigenvalue weighted by atomic mass is 10.1. The van der Waals surface area contributed by atoms with E-state index in [9.17, 15) is 10.3 Å². The quantitative estimate of drug-likeness (QED) is 0.192. The minimum Gasteiger partial charge on any atom is -0.538 e. The molecular weight excluding hydrogens is 336 g/mol. The summed E-state index contributed by atoms with van der Waals surface area (Å²) in [5.41, 5.74) is 9.84. The Bertz CT molecular complexity index is 697. The van der Waals surface area contributed by atoms with Gasteiger partial charge in [-0.05, 0) is 41.9 Å². The number of rotatable bonds is 6. The van der Waals surface area contributed by atoms with Crippen LogP contribution in [0.15, 0.2) is 30.0 Å². The average molecular weight is 363 g/mol. The highest BCUT2D eigenvalue weighted by Crippen LogP contribution is 2.38. The molecule has 0 atom stereocenters. The van der Waals surface area contributed by atoms with Gasteiger partial charge < -0.3 is 19.4 Å². The van der Waals surface area contributed by atoms with E-state index in [1.165, 1.54) is 7.11 Å². The second kappa shape index (κ2) is 8.14. The first-order valence-electron chi connectivity index (χ1n) is 7.91. The van der Waals surface area contributed by atoms with E-state index in [1.807, 2.05) is 25.2 Å². The highest BCUT2D eigenvalue weighted by molar-refractivity contribution is 6.74. The van der Waals surface area contributed by atoms with Crippen LogP contribution in [0.2, 0.25) is 18.1 Å². The SMILES string of the molecule is COC(=O)C(=[N+]=[N-])/C(=C\c1ccc(OC)cc1)O[Si](C)(C)C(C)(C)C. The molecule has 0 bridgehead atoms. The predicted octanol–water partition coefficient (Wildman–Crippen LogP) is 3.90. The first-order chi connectivity index (χ1) is 11.6. The first kappa shape index (κ1) is 20.7. The topological polar surface area (TPSA) is 81.2 Å². The molecule has 0 unspecified atom stereocenters. The van der Waals surface area contributed by atoms with E-state index < -0.39 is 14.3 Å². The lowest BCUT2D eigenvalue weighted by molar-refractivity contribution is -0.137. The highest BCUT2D eigenvalue weighted by atomic mass is 28.4. The van der Waals surface area contributed by atoms with Crippen LogP contribution in [-0.4, -0.2) is 39.0 Å². The Morgan fingerprint density at radius 3 is 2.12 bits per heavy atom. The van der Waals surface area contributed by atoms with Crippen molar-refractivity contribution in [1.82, 2.24) is 0 Å². The Labute approximate surface area is 150 Å². The van der Waals surface area contributed by atoms with Crippen molar-refractivity contribution in [2.75, 3.05) is 14.2 Å². The van der Waals surface area contributed by atoms with E-state index in [0.29, 0.717) is 5.75 Å². The van der Waals surface area contributed by atoms with E-state index in [1.54, 1.807) is 25.3 Å². The zero-order valence-electron chi connectivity index (χ0n) is 15.9. The van der Waals surface area contributed by atoms with Gasteiger partial charge in [0, 0.05) is 0 Å². The van der Waals surface area contributed by atoms with Crippen LogP contribution in [0.3, 0.4) is 0 Å². The second-order valence-electron chi connectivity index (χ2n) is 7.08. The lowest BCUT2D eigenvalue weighted by Gasteiger charge is -2.36. The molecule has 0 aliphatic heterocycles. The summed E-state index contributed by atoms with van der Waals surface area (Å²) in [6.45, 7) is 10.3. The third kappa shape index (κ3) is 5.31. The monoisotopic (exact) mass is 362 g/mol. The van der Waals surface area contributed by atoms with Crippen molar-refractivity contribution in [3.05, 3.63) is 41.1 Å². The third-order valence-corrected chi connectivity index (χ3v) is 8.64. The molecule has 0 saturated heterocycles. The molecule has 1 rings (SSSR count). The molecule has 1 aromatic carbocycles. The third-order valence-electron chi connectivity index (χ3n) is 4.30. The second-order valence-corrected chi connectivity index (χ2v) is 11.8. The number of benzene rings is 1. The van der Waals surface area contributed by atoms with Gasteiger partial charge in [0.2, 0.25) is 5.76 Å². The number of carbonyl (C=O) groups excluding carboxylic acids is 1. The summed E-state index contributed by atoms with van der Waals surface area (Å²) in [4.78, 5) is 15.1. The zero-order chi connectivity index (χ0) is 19.3. The number of carbonyl (C=O) groups is 1. The van der Waals surface area contributed by atoms with Crippen LogP contribution in [0.4, 0.5) is 0 Å². The Morgan fingerprint density at radius 1 is 1.16 bits per heavy atom. The fourth-order valence-electron chi connectivity index (χ4n) is 1.71. The maximum absolute atomic E-state index is 12.0. The van der Waals surface area contributed by atoms with Crippen molar-refractivity contribution in [2.45, 2.75) is 38.9 Å². The van der Waals surface area contributed by atoms with Crippen LogP contribution >= 0.6 is 0 Å². The summed E-state index contributed by atoms with van der Waals surface area (Å²) in [7, 11) is 0.545. The summed E-state index contributed by atoms with van der Waals surface area (Å²) in [5, 5.41) is -0.0946. The standard InChI is InChI=1S/C18H26N2O4Si/c1-18(2,3)25(6,7)24-15(16(20-19)17(21)23-5)12-13-8-10-14(22-4)11-9-13/h8-12H,1-7H3/b15-12+. The minimum absolute atomic E-state index is 0.0946. The summed E-state index contributed by atoms with van der Waals surface area (Å²) < 4.78 is 16.1. The summed E-state index contributed by atoms with van der Waals surface area (Å²) >= 11 is 0. The number of ether oxygens (including phenoxy) is 2. The Kier molecular flexibility index (Phi) is 6.73. The molecule has 0 aliphatic carbocycles. The molecule has 0 saturated carbocycles. The van der Waals surface area contributed by atoms with E-state index in [-0.39, 0.29) is 16.5 Å². The fourth-order valence-corrected chi connectivity index (χ4v) is 2.72. The van der Waals surface area contributed by atoms with Gasteiger partial charge in [0.05, 0.1) is 14.2 Å². The summed E-state index contributed by atoms with van der Waals surface area (Å²) in [6.07, 6.45) is 1.66. The number of hydrogen-bond acceptors (Lipinski definition) is 4. The number of esters is 1. The molecule has 0 aromatic heterocycles. The summed E-state index contributed by atoms with van der Waals surface area (Å²) in [6, 6.07) is 7.23. The van der Waals surface area contributed by atoms with E-state index in [0.717, 1.165) is 5.56 Å². The van der Waals surface area contributed by atoms with Crippen molar-refractivity contribution in [3.8, 4) is 5.75 Å². The molecule has 0 radical (unpaired) electrons. The maximum Gasteiger partial charge on any atom is 0.439 e. The van der Waals surface area contributed by atoms with Gasteiger partial charge in [0.1, 0.15) is 5.75 Å². The summed E-state index contributed by atoms with van der Waals surface area (Å²) in [5.74, 6) is 0.139. The molecular formula is C18H26N2O4Si. The van der Waals surface area contributed by atoms with Crippen LogP contribution in [0.1, 0.15) is 26.3 Å². The highest BCUT2D eigenvalue weighted by Gasteiger charge is 2.42. The van der Waals surface area contributed by atoms with Gasteiger partial charge in [-0.3, -0.25) is 0 Å². The molecule has 6 nitrogen and oxygen atoms in total. The van der Waals surface area contributed by atoms with Crippen molar-refractivity contribution in [1.29, 1.82) is 0 Å². The van der Waals surface area contributed by atoms with Crippen LogP contribution in [-0.2, 0) is 14.0 Å². The van der Waals surface area contributed by atoms with Crippen LogP contribution in [0.5, 0.6) is 5.75 Å². The van der Waals surface area contributed by atoms with Crippen LogP contribution in [0, 0.1) is 0 Å². The molecule has 0 spiro atoms. The van der Waals surface area contributed by atoms with Gasteiger partial charge in [-0.1, -0.05) is 32.9 Å². The zero-order valence-corrected chi connectivity index (χ0v) is 16.9. The molecule has 0 aliphatic rings. The predicted molar refractivity (Wildman–Crippen MR) is 99.9 cm³/mol. The molecule has 7 heteroatoms. The van der Waals surface area contributed by atoms with Gasteiger partial charge >= 0.3 is 11.7 Å². The van der Waals surface area contributed by atoms with Crippen molar-refractivity contribution in [2.24, 2.45) is 0 Å². The Hall–Kier alpha value is -2.37. The number of methoxy groups -OCH3 is 2. The molecule has 0 heterocycles. The van der Waals surface area contributed by atoms with Crippen LogP contribution < -0.4 is 4.74 Å². The fraction of sp³-hybridized carbons (Fsp3) is 0.444. The van der Waals surface area contributed by atoms with Gasteiger partial charge in [0.15, 0.2) is 0 Å². The molecule has 25 heavy (non-hydrogen) atoms. The van der Waals surface area contributed by atoms with E-state index in [4.69, 9.17) is 13.9 Å². The largest absolute Gasteiger partial charge is 0.538 e. The van der Waals surface area contributed by atoms with Crippen molar-refractivity contribution in [3.63, 3.8) is 0 Å². The molecule has 136 valence electrons. The number of nitrogens with zero attached hydrogens (tertiary/aromatic N) is 2. The molecule has 1 aromatic rings. The van der Waals surface area contributed by atoms with Gasteiger partial charge in [-0.15, -0.1) is 0 Å². The van der Waals surface area contributed by atoms with Gasteiger partial charge in [0.25, 0.3) is 8.32 Å². The Balaban J connectivity index is 3.38. The van der Waals surface area contributed by atoms with E-state index >= 15 is 0 Å². The van der Waals surface area contributed by atoms with Crippen molar-refractivity contribution < 1.29 is 23.5 Å². The van der Waals surface area contributed by atoms with Gasteiger partial charge in [-0.25, -0.2) is 4.79 Å². The Morgan fingerprint density at radius 2 is 1.72 bits per heavy atom. The molecule has 0 N–H and O–H groups in total. The number of hydrogen-bond donors (Lipinski definition) is 0.